The molecule has 1 aromatic carbocycles. The number of benzene rings is 1. The van der Waals surface area contributed by atoms with E-state index in [9.17, 15) is 4.79 Å². The molecule has 6 nitrogen and oxygen atoms in total. The molecule has 0 amide bonds. The van der Waals surface area contributed by atoms with Gasteiger partial charge in [-0.2, -0.15) is 0 Å². The third-order valence-electron chi connectivity index (χ3n) is 2.49. The molecule has 2 atom stereocenters. The summed E-state index contributed by atoms with van der Waals surface area (Å²) >= 11 is 0. The summed E-state index contributed by atoms with van der Waals surface area (Å²) in [6.07, 6.45) is 0.332. The molecular weight excluding hydrogens is 256 g/mol. The Labute approximate surface area is 111 Å². The number of rotatable bonds is 6. The number of hydrogen-bond donors (Lipinski definition) is 2. The van der Waals surface area contributed by atoms with E-state index in [4.69, 9.17) is 16.4 Å². The van der Waals surface area contributed by atoms with Crippen LogP contribution < -0.4 is 5.73 Å². The molecule has 1 aromatic rings. The zero-order chi connectivity index (χ0) is 12.7. The van der Waals surface area contributed by atoms with Crippen LogP contribution in [0.3, 0.4) is 0 Å². The fourth-order valence-electron chi connectivity index (χ4n) is 1.55. The van der Waals surface area contributed by atoms with Crippen LogP contribution in [-0.4, -0.2) is 23.7 Å². The van der Waals surface area contributed by atoms with Gasteiger partial charge in [-0.05, 0) is 17.5 Å². The second-order valence-electron chi connectivity index (χ2n) is 3.71. The lowest BCUT2D eigenvalue weighted by Gasteiger charge is -2.18. The molecule has 1 unspecified atom stereocenters. The average molecular weight is 271 g/mol. The Morgan fingerprint density at radius 2 is 2.06 bits per heavy atom. The molecule has 0 aliphatic rings. The van der Waals surface area contributed by atoms with Gasteiger partial charge >= 0.3 is 5.97 Å². The first-order valence-corrected chi connectivity index (χ1v) is 5.18. The number of halogens is 1. The van der Waals surface area contributed by atoms with Crippen molar-refractivity contribution in [3.05, 3.63) is 46.3 Å². The minimum atomic E-state index is -0.977. The minimum Gasteiger partial charge on any atom is -0.481 e. The van der Waals surface area contributed by atoms with Crippen molar-refractivity contribution < 1.29 is 9.90 Å². The molecule has 0 aliphatic heterocycles. The number of azide groups is 1. The number of nitrogens with zero attached hydrogens (tertiary/aromatic N) is 3. The first-order valence-electron chi connectivity index (χ1n) is 5.18. The predicted molar refractivity (Wildman–Crippen MR) is 70.5 cm³/mol. The number of carbonyl (C=O) groups is 1. The normalized spacial score (nSPS) is 12.7. The standard InChI is InChI=1S/C11H14N4O2.ClH/c12-10(7-14-15-13)9(11(16)17)6-8-4-2-1-3-5-8;/h1-5,9-10H,6-7,12H2,(H,16,17);1H/t9?,10-;/m1./s1. The number of hydrogen-bond acceptors (Lipinski definition) is 3. The van der Waals surface area contributed by atoms with Crippen LogP contribution in [0.25, 0.3) is 10.4 Å². The van der Waals surface area contributed by atoms with Crippen molar-refractivity contribution >= 4 is 18.4 Å². The third kappa shape index (κ3) is 5.05. The lowest BCUT2D eigenvalue weighted by Crippen LogP contribution is -2.39. The van der Waals surface area contributed by atoms with Gasteiger partial charge in [0.05, 0.1) is 5.92 Å². The Kier molecular flexibility index (Phi) is 7.54. The Hall–Kier alpha value is -1.75. The van der Waals surface area contributed by atoms with Crippen LogP contribution in [0.4, 0.5) is 0 Å². The fraction of sp³-hybridized carbons (Fsp3) is 0.364. The third-order valence-corrected chi connectivity index (χ3v) is 2.49. The van der Waals surface area contributed by atoms with E-state index in [0.717, 1.165) is 5.56 Å². The highest BCUT2D eigenvalue weighted by atomic mass is 35.5. The average Bonchev–Trinajstić information content (AvgIpc) is 2.34. The van der Waals surface area contributed by atoms with Gasteiger partial charge < -0.3 is 10.8 Å². The van der Waals surface area contributed by atoms with Crippen molar-refractivity contribution in [3.63, 3.8) is 0 Å². The molecule has 0 heterocycles. The van der Waals surface area contributed by atoms with Crippen LogP contribution in [0, 0.1) is 5.92 Å². The van der Waals surface area contributed by atoms with E-state index in [-0.39, 0.29) is 19.0 Å². The van der Waals surface area contributed by atoms with Crippen molar-refractivity contribution in [2.45, 2.75) is 12.5 Å². The van der Waals surface area contributed by atoms with Gasteiger partial charge in [0.1, 0.15) is 0 Å². The van der Waals surface area contributed by atoms with E-state index in [1.54, 1.807) is 0 Å². The number of nitrogens with two attached hydrogens (primary N) is 1. The topological polar surface area (TPSA) is 112 Å². The molecule has 0 aromatic heterocycles. The zero-order valence-electron chi connectivity index (χ0n) is 9.64. The van der Waals surface area contributed by atoms with Gasteiger partial charge in [-0.1, -0.05) is 35.4 Å². The van der Waals surface area contributed by atoms with Crippen LogP contribution in [0.2, 0.25) is 0 Å². The Morgan fingerprint density at radius 1 is 1.44 bits per heavy atom. The highest BCUT2D eigenvalue weighted by molar-refractivity contribution is 5.85. The molecule has 0 aliphatic carbocycles. The summed E-state index contributed by atoms with van der Waals surface area (Å²) in [6.45, 7) is -0.0136. The van der Waals surface area contributed by atoms with Gasteiger partial charge in [-0.15, -0.1) is 12.4 Å². The molecule has 3 N–H and O–H groups in total. The molecule has 98 valence electrons. The minimum absolute atomic E-state index is 0. The summed E-state index contributed by atoms with van der Waals surface area (Å²) in [5, 5.41) is 12.4. The Balaban J connectivity index is 0.00000289. The van der Waals surface area contributed by atoms with Crippen LogP contribution in [0.1, 0.15) is 5.56 Å². The van der Waals surface area contributed by atoms with Crippen LogP contribution in [0.15, 0.2) is 35.4 Å². The van der Waals surface area contributed by atoms with Gasteiger partial charge in [-0.3, -0.25) is 4.79 Å². The first kappa shape index (κ1) is 16.2. The molecule has 0 spiro atoms. The molecule has 0 radical (unpaired) electrons. The second kappa shape index (κ2) is 8.36. The van der Waals surface area contributed by atoms with E-state index < -0.39 is 17.9 Å². The van der Waals surface area contributed by atoms with Gasteiger partial charge in [0.15, 0.2) is 0 Å². The first-order chi connectivity index (χ1) is 8.15. The van der Waals surface area contributed by atoms with Crippen LogP contribution in [0.5, 0.6) is 0 Å². The van der Waals surface area contributed by atoms with E-state index >= 15 is 0 Å². The van der Waals surface area contributed by atoms with Gasteiger partial charge in [0, 0.05) is 17.5 Å². The van der Waals surface area contributed by atoms with Crippen LogP contribution >= 0.6 is 12.4 Å². The van der Waals surface area contributed by atoms with E-state index in [2.05, 4.69) is 10.0 Å². The maximum absolute atomic E-state index is 11.1. The quantitative estimate of drug-likeness (QED) is 0.468. The zero-order valence-corrected chi connectivity index (χ0v) is 10.5. The molecule has 0 fully saturated rings. The van der Waals surface area contributed by atoms with E-state index in [1.165, 1.54) is 0 Å². The molecule has 1 rings (SSSR count). The maximum atomic E-state index is 11.1. The number of aliphatic carboxylic acids is 1. The van der Waals surface area contributed by atoms with Crippen molar-refractivity contribution in [2.75, 3.05) is 6.54 Å². The van der Waals surface area contributed by atoms with Crippen molar-refractivity contribution in [1.29, 1.82) is 0 Å². The Bertz CT molecular complexity index is 420. The van der Waals surface area contributed by atoms with Gasteiger partial charge in [0.2, 0.25) is 0 Å². The van der Waals surface area contributed by atoms with Crippen molar-refractivity contribution in [3.8, 4) is 0 Å². The maximum Gasteiger partial charge on any atom is 0.308 e. The summed E-state index contributed by atoms with van der Waals surface area (Å²) in [5.41, 5.74) is 14.8. The highest BCUT2D eigenvalue weighted by Crippen LogP contribution is 2.12. The monoisotopic (exact) mass is 270 g/mol. The SMILES string of the molecule is Cl.[N-]=[N+]=NC[C@@H](N)C(Cc1ccccc1)C(=O)O. The molecule has 0 bridgehead atoms. The fourth-order valence-corrected chi connectivity index (χ4v) is 1.55. The lowest BCUT2D eigenvalue weighted by molar-refractivity contribution is -0.142. The smallest absolute Gasteiger partial charge is 0.308 e. The predicted octanol–water partition coefficient (Wildman–Crippen LogP) is 1.99. The largest absolute Gasteiger partial charge is 0.481 e. The molecule has 0 saturated carbocycles. The van der Waals surface area contributed by atoms with E-state index in [1.807, 2.05) is 30.3 Å². The molecule has 18 heavy (non-hydrogen) atoms. The summed E-state index contributed by atoms with van der Waals surface area (Å²) in [5.74, 6) is -1.72. The van der Waals surface area contributed by atoms with Gasteiger partial charge in [0.25, 0.3) is 0 Å². The molecular formula is C11H15ClN4O2. The summed E-state index contributed by atoms with van der Waals surface area (Å²) < 4.78 is 0. The van der Waals surface area contributed by atoms with Crippen LogP contribution in [-0.2, 0) is 11.2 Å². The number of carboxylic acid groups (broad SMARTS) is 1. The Morgan fingerprint density at radius 3 is 2.56 bits per heavy atom. The molecule has 7 heteroatoms. The van der Waals surface area contributed by atoms with Crippen molar-refractivity contribution in [1.82, 2.24) is 0 Å². The lowest BCUT2D eigenvalue weighted by atomic mass is 9.93. The van der Waals surface area contributed by atoms with E-state index in [0.29, 0.717) is 6.42 Å². The van der Waals surface area contributed by atoms with Gasteiger partial charge in [-0.25, -0.2) is 0 Å². The van der Waals surface area contributed by atoms with Crippen molar-refractivity contribution in [2.24, 2.45) is 16.8 Å². The second-order valence-corrected chi connectivity index (χ2v) is 3.71. The summed E-state index contributed by atoms with van der Waals surface area (Å²) in [7, 11) is 0. The number of carboxylic acids is 1. The highest BCUT2D eigenvalue weighted by Gasteiger charge is 2.24. The summed E-state index contributed by atoms with van der Waals surface area (Å²) in [6, 6.07) is 8.55. The molecule has 0 saturated heterocycles. The summed E-state index contributed by atoms with van der Waals surface area (Å²) in [4.78, 5) is 13.7.